The van der Waals surface area contributed by atoms with Gasteiger partial charge < -0.3 is 0 Å². The molecule has 1 unspecified atom stereocenters. The van der Waals surface area contributed by atoms with Crippen LogP contribution in [0.1, 0.15) is 6.42 Å². The third-order valence-corrected chi connectivity index (χ3v) is 2.15. The van der Waals surface area contributed by atoms with Crippen molar-refractivity contribution in [3.63, 3.8) is 0 Å². The lowest BCUT2D eigenvalue weighted by molar-refractivity contribution is -0.117. The minimum atomic E-state index is -0.00805. The van der Waals surface area contributed by atoms with E-state index in [0.29, 0.717) is 18.9 Å². The van der Waals surface area contributed by atoms with Crippen LogP contribution >= 0.6 is 0 Å². The van der Waals surface area contributed by atoms with Gasteiger partial charge in [0, 0.05) is 31.3 Å². The smallest absolute Gasteiger partial charge is 0.232 e. The molecule has 1 aliphatic heterocycles. The highest BCUT2D eigenvalue weighted by Crippen LogP contribution is 2.20. The van der Waals surface area contributed by atoms with Crippen molar-refractivity contribution >= 4 is 11.9 Å². The van der Waals surface area contributed by atoms with Crippen LogP contribution in [0.25, 0.3) is 0 Å². The number of anilines is 1. The van der Waals surface area contributed by atoms with Crippen LogP contribution < -0.4 is 4.90 Å². The molecule has 1 fully saturated rings. The van der Waals surface area contributed by atoms with E-state index in [1.54, 1.807) is 18.5 Å². The molecule has 14 heavy (non-hydrogen) atoms. The Labute approximate surface area is 82.0 Å². The lowest BCUT2D eigenvalue weighted by Crippen LogP contribution is -2.26. The minimum absolute atomic E-state index is 0.000787. The molecule has 1 aliphatic rings. The van der Waals surface area contributed by atoms with Crippen LogP contribution in [-0.2, 0) is 4.79 Å². The molecule has 70 valence electrons. The molecular formula is C10H9N3O. The molecule has 2 rings (SSSR count). The predicted molar refractivity (Wildman–Crippen MR) is 51.3 cm³/mol. The van der Waals surface area contributed by atoms with E-state index in [0.717, 1.165) is 0 Å². The number of terminal acetylenes is 1. The summed E-state index contributed by atoms with van der Waals surface area (Å²) < 4.78 is 0. The Morgan fingerprint density at radius 3 is 2.79 bits per heavy atom. The Morgan fingerprint density at radius 1 is 1.50 bits per heavy atom. The zero-order chi connectivity index (χ0) is 9.97. The number of rotatable bonds is 1. The first-order valence-electron chi connectivity index (χ1n) is 4.35. The molecule has 2 heterocycles. The molecule has 1 amide bonds. The average molecular weight is 187 g/mol. The first-order valence-corrected chi connectivity index (χ1v) is 4.35. The first kappa shape index (κ1) is 8.70. The van der Waals surface area contributed by atoms with Crippen LogP contribution in [0.15, 0.2) is 18.5 Å². The molecule has 0 radical (unpaired) electrons. The fourth-order valence-corrected chi connectivity index (χ4v) is 1.44. The summed E-state index contributed by atoms with van der Waals surface area (Å²) >= 11 is 0. The monoisotopic (exact) mass is 187 g/mol. The zero-order valence-corrected chi connectivity index (χ0v) is 7.55. The van der Waals surface area contributed by atoms with Crippen molar-refractivity contribution in [1.29, 1.82) is 0 Å². The van der Waals surface area contributed by atoms with Crippen LogP contribution in [0.4, 0.5) is 5.95 Å². The normalized spacial score (nSPS) is 20.9. The average Bonchev–Trinajstić information content (AvgIpc) is 2.61. The maximum Gasteiger partial charge on any atom is 0.232 e. The van der Waals surface area contributed by atoms with Gasteiger partial charge in [-0.05, 0) is 6.07 Å². The van der Waals surface area contributed by atoms with E-state index >= 15 is 0 Å². The Hall–Kier alpha value is -1.89. The van der Waals surface area contributed by atoms with Crippen molar-refractivity contribution in [3.05, 3.63) is 18.5 Å². The van der Waals surface area contributed by atoms with Crippen LogP contribution in [0.3, 0.4) is 0 Å². The number of carbonyl (C=O) groups excluding carboxylic acids is 1. The lowest BCUT2D eigenvalue weighted by Gasteiger charge is -2.12. The van der Waals surface area contributed by atoms with Gasteiger partial charge in [-0.25, -0.2) is 9.97 Å². The molecule has 4 heteroatoms. The molecule has 1 aromatic heterocycles. The van der Waals surface area contributed by atoms with Crippen molar-refractivity contribution in [1.82, 2.24) is 9.97 Å². The Balaban J connectivity index is 2.22. The number of carbonyl (C=O) groups is 1. The number of hydrogen-bond acceptors (Lipinski definition) is 3. The summed E-state index contributed by atoms with van der Waals surface area (Å²) in [6.45, 7) is 0.527. The largest absolute Gasteiger partial charge is 0.279 e. The Morgan fingerprint density at radius 2 is 2.21 bits per heavy atom. The standard InChI is InChI=1S/C10H9N3O/c1-2-8-6-9(14)13(7-8)10-11-4-3-5-12-10/h1,3-5,8H,6-7H2. The third-order valence-electron chi connectivity index (χ3n) is 2.15. The predicted octanol–water partition coefficient (Wildman–Crippen LogP) is 0.463. The van der Waals surface area contributed by atoms with E-state index in [1.165, 1.54) is 4.90 Å². The summed E-state index contributed by atoms with van der Waals surface area (Å²) in [6, 6.07) is 1.71. The highest BCUT2D eigenvalue weighted by molar-refractivity contribution is 5.94. The van der Waals surface area contributed by atoms with Crippen molar-refractivity contribution < 1.29 is 4.79 Å². The summed E-state index contributed by atoms with van der Waals surface area (Å²) in [5.74, 6) is 3.01. The van der Waals surface area contributed by atoms with E-state index in [-0.39, 0.29) is 11.8 Å². The minimum Gasteiger partial charge on any atom is -0.279 e. The summed E-state index contributed by atoms with van der Waals surface area (Å²) in [5, 5.41) is 0. The van der Waals surface area contributed by atoms with E-state index in [1.807, 2.05) is 0 Å². The van der Waals surface area contributed by atoms with Crippen molar-refractivity contribution in [2.24, 2.45) is 5.92 Å². The molecule has 0 bridgehead atoms. The molecule has 0 aromatic carbocycles. The fourth-order valence-electron chi connectivity index (χ4n) is 1.44. The molecule has 0 spiro atoms. The number of amides is 1. The Kier molecular flexibility index (Phi) is 2.15. The number of aromatic nitrogens is 2. The van der Waals surface area contributed by atoms with E-state index in [4.69, 9.17) is 6.42 Å². The lowest BCUT2D eigenvalue weighted by atomic mass is 10.1. The van der Waals surface area contributed by atoms with Crippen LogP contribution in [-0.4, -0.2) is 22.4 Å². The van der Waals surface area contributed by atoms with Crippen LogP contribution in [0, 0.1) is 18.3 Å². The molecule has 1 saturated heterocycles. The SMILES string of the molecule is C#CC1CC(=O)N(c2ncccn2)C1. The molecule has 4 nitrogen and oxygen atoms in total. The molecule has 0 N–H and O–H groups in total. The second-order valence-corrected chi connectivity index (χ2v) is 3.12. The first-order chi connectivity index (χ1) is 6.81. The summed E-state index contributed by atoms with van der Waals surface area (Å²) in [6.07, 6.45) is 8.88. The third kappa shape index (κ3) is 1.44. The maximum atomic E-state index is 11.5. The van der Waals surface area contributed by atoms with Gasteiger partial charge in [0.15, 0.2) is 0 Å². The number of hydrogen-bond donors (Lipinski definition) is 0. The summed E-state index contributed by atoms with van der Waals surface area (Å²) in [7, 11) is 0. The van der Waals surface area contributed by atoms with Gasteiger partial charge in [0.1, 0.15) is 0 Å². The summed E-state index contributed by atoms with van der Waals surface area (Å²) in [5.41, 5.74) is 0. The van der Waals surface area contributed by atoms with E-state index in [9.17, 15) is 4.79 Å². The van der Waals surface area contributed by atoms with Gasteiger partial charge in [0.25, 0.3) is 0 Å². The zero-order valence-electron chi connectivity index (χ0n) is 7.55. The van der Waals surface area contributed by atoms with Gasteiger partial charge in [-0.1, -0.05) is 0 Å². The molecule has 0 aliphatic carbocycles. The van der Waals surface area contributed by atoms with Crippen LogP contribution in [0.5, 0.6) is 0 Å². The second kappa shape index (κ2) is 3.46. The van der Waals surface area contributed by atoms with E-state index in [2.05, 4.69) is 15.9 Å². The molecule has 1 aromatic rings. The molecular weight excluding hydrogens is 178 g/mol. The van der Waals surface area contributed by atoms with Gasteiger partial charge >= 0.3 is 0 Å². The number of nitrogens with zero attached hydrogens (tertiary/aromatic N) is 3. The van der Waals surface area contributed by atoms with Crippen molar-refractivity contribution in [3.8, 4) is 12.3 Å². The highest BCUT2D eigenvalue weighted by atomic mass is 16.2. The van der Waals surface area contributed by atoms with E-state index < -0.39 is 0 Å². The van der Waals surface area contributed by atoms with Crippen LogP contribution in [0.2, 0.25) is 0 Å². The van der Waals surface area contributed by atoms with Crippen molar-refractivity contribution in [2.45, 2.75) is 6.42 Å². The van der Waals surface area contributed by atoms with Gasteiger partial charge in [0.05, 0.1) is 0 Å². The highest BCUT2D eigenvalue weighted by Gasteiger charge is 2.30. The van der Waals surface area contributed by atoms with Crippen molar-refractivity contribution in [2.75, 3.05) is 11.4 Å². The van der Waals surface area contributed by atoms with Gasteiger partial charge in [0.2, 0.25) is 11.9 Å². The summed E-state index contributed by atoms with van der Waals surface area (Å²) in [4.78, 5) is 21.0. The quantitative estimate of drug-likeness (QED) is 0.600. The second-order valence-electron chi connectivity index (χ2n) is 3.12. The maximum absolute atomic E-state index is 11.5. The molecule has 0 saturated carbocycles. The van der Waals surface area contributed by atoms with Gasteiger partial charge in [-0.2, -0.15) is 0 Å². The Bertz CT molecular complexity index is 382. The fraction of sp³-hybridized carbons (Fsp3) is 0.300. The topological polar surface area (TPSA) is 46.1 Å². The van der Waals surface area contributed by atoms with Gasteiger partial charge in [-0.3, -0.25) is 9.69 Å². The molecule has 1 atom stereocenters. The van der Waals surface area contributed by atoms with Gasteiger partial charge in [-0.15, -0.1) is 12.3 Å².